The molecule has 2 heteroatoms. The van der Waals surface area contributed by atoms with Crippen molar-refractivity contribution in [2.45, 2.75) is 64.9 Å². The Balaban J connectivity index is 2.29. The topological polar surface area (TPSA) is 29.5 Å². The van der Waals surface area contributed by atoms with E-state index in [0.29, 0.717) is 5.75 Å². The van der Waals surface area contributed by atoms with Crippen molar-refractivity contribution in [3.8, 4) is 11.5 Å². The third-order valence-corrected chi connectivity index (χ3v) is 3.82. The molecule has 0 spiro atoms. The minimum Gasteiger partial charge on any atom is -0.508 e. The van der Waals surface area contributed by atoms with Gasteiger partial charge >= 0.3 is 0 Å². The largest absolute Gasteiger partial charge is 0.508 e. The van der Waals surface area contributed by atoms with Gasteiger partial charge in [0.2, 0.25) is 0 Å². The quantitative estimate of drug-likeness (QED) is 0.864. The Morgan fingerprint density at radius 3 is 2.72 bits per heavy atom. The summed E-state index contributed by atoms with van der Waals surface area (Å²) in [6, 6.07) is 4.01. The molecule has 1 N–H and O–H groups in total. The third-order valence-electron chi connectivity index (χ3n) is 3.82. The first-order chi connectivity index (χ1) is 8.58. The van der Waals surface area contributed by atoms with Crippen molar-refractivity contribution >= 4 is 0 Å². The van der Waals surface area contributed by atoms with Gasteiger partial charge in [-0.2, -0.15) is 0 Å². The van der Waals surface area contributed by atoms with Gasteiger partial charge < -0.3 is 9.84 Å². The van der Waals surface area contributed by atoms with Crippen LogP contribution in [0.25, 0.3) is 0 Å². The van der Waals surface area contributed by atoms with E-state index >= 15 is 0 Å². The average Bonchev–Trinajstić information content (AvgIpc) is 2.28. The van der Waals surface area contributed by atoms with Gasteiger partial charge in [-0.25, -0.2) is 0 Å². The number of rotatable bonds is 4. The Hall–Kier alpha value is -1.18. The maximum absolute atomic E-state index is 10.1. The number of phenols is 1. The van der Waals surface area contributed by atoms with Crippen molar-refractivity contribution < 1.29 is 9.84 Å². The third kappa shape index (κ3) is 2.63. The van der Waals surface area contributed by atoms with Crippen LogP contribution in [-0.2, 0) is 12.8 Å². The molecule has 100 valence electrons. The maximum Gasteiger partial charge on any atom is 0.127 e. The molecule has 0 aromatic heterocycles. The lowest BCUT2D eigenvalue weighted by atomic mass is 9.88. The summed E-state index contributed by atoms with van der Waals surface area (Å²) in [5, 5.41) is 10.1. The minimum atomic E-state index is -0.0565. The lowest BCUT2D eigenvalue weighted by molar-refractivity contribution is 0.0546. The first-order valence-corrected chi connectivity index (χ1v) is 7.11. The van der Waals surface area contributed by atoms with Crippen LogP contribution in [-0.4, -0.2) is 10.7 Å². The first-order valence-electron chi connectivity index (χ1n) is 7.11. The number of benzene rings is 1. The normalized spacial score (nSPS) is 22.4. The van der Waals surface area contributed by atoms with E-state index in [1.807, 2.05) is 6.07 Å². The zero-order valence-electron chi connectivity index (χ0n) is 11.8. The van der Waals surface area contributed by atoms with Crippen LogP contribution in [0.3, 0.4) is 0 Å². The van der Waals surface area contributed by atoms with Gasteiger partial charge in [0.05, 0.1) is 0 Å². The molecule has 18 heavy (non-hydrogen) atoms. The monoisotopic (exact) mass is 248 g/mol. The van der Waals surface area contributed by atoms with Crippen molar-refractivity contribution in [2.24, 2.45) is 0 Å². The molecule has 2 nitrogen and oxygen atoms in total. The van der Waals surface area contributed by atoms with Crippen LogP contribution in [0.2, 0.25) is 0 Å². The number of hydrogen-bond donors (Lipinski definition) is 1. The van der Waals surface area contributed by atoms with E-state index in [1.165, 1.54) is 5.56 Å². The number of aryl methyl sites for hydroxylation is 1. The van der Waals surface area contributed by atoms with Gasteiger partial charge in [0.25, 0.3) is 0 Å². The Bertz CT molecular complexity index is 425. The summed E-state index contributed by atoms with van der Waals surface area (Å²) in [4.78, 5) is 0. The van der Waals surface area contributed by atoms with E-state index in [4.69, 9.17) is 4.74 Å². The summed E-state index contributed by atoms with van der Waals surface area (Å²) in [5.74, 6) is 1.31. The van der Waals surface area contributed by atoms with Crippen molar-refractivity contribution in [1.29, 1.82) is 0 Å². The highest BCUT2D eigenvalue weighted by molar-refractivity contribution is 5.49. The van der Waals surface area contributed by atoms with E-state index in [-0.39, 0.29) is 5.60 Å². The van der Waals surface area contributed by atoms with Gasteiger partial charge in [-0.1, -0.05) is 26.7 Å². The molecule has 0 aliphatic carbocycles. The predicted octanol–water partition coefficient (Wildman–Crippen LogP) is 4.23. The minimum absolute atomic E-state index is 0.0565. The smallest absolute Gasteiger partial charge is 0.127 e. The second kappa shape index (κ2) is 5.21. The zero-order valence-corrected chi connectivity index (χ0v) is 11.8. The fourth-order valence-corrected chi connectivity index (χ4v) is 2.87. The Morgan fingerprint density at radius 1 is 1.28 bits per heavy atom. The van der Waals surface area contributed by atoms with Gasteiger partial charge in [-0.3, -0.25) is 0 Å². The fourth-order valence-electron chi connectivity index (χ4n) is 2.87. The van der Waals surface area contributed by atoms with Crippen molar-refractivity contribution in [2.75, 3.05) is 0 Å². The molecular formula is C16H24O2. The summed E-state index contributed by atoms with van der Waals surface area (Å²) < 4.78 is 6.17. The summed E-state index contributed by atoms with van der Waals surface area (Å²) in [6.07, 6.45) is 6.20. The van der Waals surface area contributed by atoms with E-state index in [2.05, 4.69) is 26.8 Å². The second-order valence-electron chi connectivity index (χ2n) is 5.64. The van der Waals surface area contributed by atoms with Crippen LogP contribution in [0.5, 0.6) is 11.5 Å². The molecule has 1 heterocycles. The number of aromatic hydroxyl groups is 1. The summed E-state index contributed by atoms with van der Waals surface area (Å²) in [7, 11) is 0. The number of hydrogen-bond acceptors (Lipinski definition) is 2. The van der Waals surface area contributed by atoms with Crippen LogP contribution >= 0.6 is 0 Å². The van der Waals surface area contributed by atoms with Crippen LogP contribution in [0, 0.1) is 0 Å². The molecule has 0 saturated carbocycles. The van der Waals surface area contributed by atoms with Crippen LogP contribution in [0.15, 0.2) is 12.1 Å². The average molecular weight is 248 g/mol. The molecule has 2 rings (SSSR count). The van der Waals surface area contributed by atoms with Crippen LogP contribution in [0.4, 0.5) is 0 Å². The Kier molecular flexibility index (Phi) is 3.84. The molecule has 1 aromatic carbocycles. The van der Waals surface area contributed by atoms with Gasteiger partial charge in [0, 0.05) is 5.56 Å². The van der Waals surface area contributed by atoms with Crippen LogP contribution in [0.1, 0.15) is 57.6 Å². The van der Waals surface area contributed by atoms with E-state index in [9.17, 15) is 5.11 Å². The number of phenolic OH excluding ortho intramolecular Hbond substituents is 1. The molecule has 1 aromatic rings. The SMILES string of the molecule is CCCc1cc(O)c2c(c1)O[C@](C)(CCC)CC2. The standard InChI is InChI=1S/C16H24O2/c1-4-6-12-10-14(17)13-7-9-16(3,8-5-2)18-15(13)11-12/h10-11,17H,4-9H2,1-3H3/t16-/m1/s1. The molecule has 0 bridgehead atoms. The molecule has 0 saturated heterocycles. The predicted molar refractivity (Wildman–Crippen MR) is 74.4 cm³/mol. The molecule has 0 fully saturated rings. The lowest BCUT2D eigenvalue weighted by Gasteiger charge is -2.36. The summed E-state index contributed by atoms with van der Waals surface area (Å²) in [5.41, 5.74) is 2.11. The van der Waals surface area contributed by atoms with E-state index < -0.39 is 0 Å². The van der Waals surface area contributed by atoms with Crippen molar-refractivity contribution in [3.63, 3.8) is 0 Å². The molecule has 0 radical (unpaired) electrons. The van der Waals surface area contributed by atoms with Crippen LogP contribution < -0.4 is 4.74 Å². The van der Waals surface area contributed by atoms with Gasteiger partial charge in [0.1, 0.15) is 17.1 Å². The maximum atomic E-state index is 10.1. The highest BCUT2D eigenvalue weighted by Crippen LogP contribution is 2.40. The van der Waals surface area contributed by atoms with E-state index in [0.717, 1.165) is 49.8 Å². The first kappa shape index (κ1) is 13.3. The summed E-state index contributed by atoms with van der Waals surface area (Å²) in [6.45, 7) is 6.52. The highest BCUT2D eigenvalue weighted by Gasteiger charge is 2.32. The van der Waals surface area contributed by atoms with E-state index in [1.54, 1.807) is 0 Å². The van der Waals surface area contributed by atoms with Gasteiger partial charge in [-0.15, -0.1) is 0 Å². The molecule has 1 aliphatic heterocycles. The van der Waals surface area contributed by atoms with Gasteiger partial charge in [-0.05, 0) is 50.3 Å². The van der Waals surface area contributed by atoms with Gasteiger partial charge in [0.15, 0.2) is 0 Å². The molecule has 0 amide bonds. The second-order valence-corrected chi connectivity index (χ2v) is 5.64. The molecule has 1 atom stereocenters. The Labute approximate surface area is 110 Å². The fraction of sp³-hybridized carbons (Fsp3) is 0.625. The van der Waals surface area contributed by atoms with Crippen molar-refractivity contribution in [3.05, 3.63) is 23.3 Å². The Morgan fingerprint density at radius 2 is 2.06 bits per heavy atom. The number of ether oxygens (including phenoxy) is 1. The molecular weight excluding hydrogens is 224 g/mol. The number of fused-ring (bicyclic) bond motifs is 1. The molecule has 0 unspecified atom stereocenters. The summed E-state index contributed by atoms with van der Waals surface area (Å²) >= 11 is 0. The highest BCUT2D eigenvalue weighted by atomic mass is 16.5. The van der Waals surface area contributed by atoms with Crippen molar-refractivity contribution in [1.82, 2.24) is 0 Å². The zero-order chi connectivity index (χ0) is 13.2. The lowest BCUT2D eigenvalue weighted by Crippen LogP contribution is -2.36. The molecule has 1 aliphatic rings.